The molecule has 0 aliphatic rings. The number of benzene rings is 2. The van der Waals surface area contributed by atoms with Crippen LogP contribution in [0.25, 0.3) is 11.3 Å². The van der Waals surface area contributed by atoms with Gasteiger partial charge in [-0.2, -0.15) is 0 Å². The Morgan fingerprint density at radius 1 is 1.00 bits per heavy atom. The summed E-state index contributed by atoms with van der Waals surface area (Å²) in [5, 5.41) is 2.17. The summed E-state index contributed by atoms with van der Waals surface area (Å²) in [5.74, 6) is -1.38. The molecule has 0 bridgehead atoms. The standard InChI is InChI=1S/C22H19FN2O5/c23-17-8-6-16(7-9-17)18-13-24-21(30-18)10-11-22(28)29-14-20(27)25-19(26)12-15-4-2-1-3-5-15/h1-9,13H,10-12,14H2,(H,25,26,27). The molecule has 2 amide bonds. The van der Waals surface area contributed by atoms with Gasteiger partial charge >= 0.3 is 5.97 Å². The Kier molecular flexibility index (Phi) is 7.05. The second kappa shape index (κ2) is 10.1. The number of aromatic nitrogens is 1. The van der Waals surface area contributed by atoms with E-state index >= 15 is 0 Å². The zero-order valence-electron chi connectivity index (χ0n) is 16.0. The van der Waals surface area contributed by atoms with Crippen molar-refractivity contribution in [2.75, 3.05) is 6.61 Å². The number of rotatable bonds is 8. The lowest BCUT2D eigenvalue weighted by Crippen LogP contribution is -2.35. The van der Waals surface area contributed by atoms with Gasteiger partial charge in [-0.1, -0.05) is 30.3 Å². The van der Waals surface area contributed by atoms with E-state index in [-0.39, 0.29) is 25.1 Å². The van der Waals surface area contributed by atoms with Gasteiger partial charge in [0, 0.05) is 12.0 Å². The number of carbonyl (C=O) groups is 3. The van der Waals surface area contributed by atoms with Gasteiger partial charge in [-0.05, 0) is 29.8 Å². The predicted molar refractivity (Wildman–Crippen MR) is 104 cm³/mol. The second-order valence-electron chi connectivity index (χ2n) is 6.42. The van der Waals surface area contributed by atoms with Gasteiger partial charge in [0.15, 0.2) is 18.3 Å². The van der Waals surface area contributed by atoms with Crippen molar-refractivity contribution in [3.8, 4) is 11.3 Å². The summed E-state index contributed by atoms with van der Waals surface area (Å²) in [6.07, 6.45) is 1.67. The number of hydrogen-bond acceptors (Lipinski definition) is 6. The molecule has 0 spiro atoms. The summed E-state index contributed by atoms with van der Waals surface area (Å²) in [4.78, 5) is 39.4. The number of amides is 2. The molecule has 0 fully saturated rings. The first-order valence-electron chi connectivity index (χ1n) is 9.22. The first-order chi connectivity index (χ1) is 14.5. The molecule has 1 heterocycles. The molecule has 154 valence electrons. The minimum Gasteiger partial charge on any atom is -0.456 e. The van der Waals surface area contributed by atoms with E-state index in [9.17, 15) is 18.8 Å². The van der Waals surface area contributed by atoms with E-state index in [0.29, 0.717) is 17.2 Å². The van der Waals surface area contributed by atoms with Crippen LogP contribution in [0.5, 0.6) is 0 Å². The van der Waals surface area contributed by atoms with E-state index in [4.69, 9.17) is 9.15 Å². The molecular formula is C22H19FN2O5. The maximum atomic E-state index is 13.0. The van der Waals surface area contributed by atoms with Crippen LogP contribution in [0.2, 0.25) is 0 Å². The van der Waals surface area contributed by atoms with E-state index in [0.717, 1.165) is 5.56 Å². The molecule has 0 unspecified atom stereocenters. The van der Waals surface area contributed by atoms with Crippen LogP contribution in [0.4, 0.5) is 4.39 Å². The molecular weight excluding hydrogens is 391 g/mol. The van der Waals surface area contributed by atoms with Crippen LogP contribution < -0.4 is 5.32 Å². The number of nitrogens with one attached hydrogen (secondary N) is 1. The van der Waals surface area contributed by atoms with Crippen LogP contribution >= 0.6 is 0 Å². The van der Waals surface area contributed by atoms with Gasteiger partial charge in [0.05, 0.1) is 19.0 Å². The molecule has 0 aliphatic carbocycles. The van der Waals surface area contributed by atoms with E-state index in [1.165, 1.54) is 18.3 Å². The average molecular weight is 410 g/mol. The monoisotopic (exact) mass is 410 g/mol. The molecule has 1 aromatic heterocycles. The number of halogens is 1. The summed E-state index contributed by atoms with van der Waals surface area (Å²) in [6, 6.07) is 14.7. The SMILES string of the molecule is O=C(COC(=O)CCc1ncc(-c2ccc(F)cc2)o1)NC(=O)Cc1ccccc1. The third-order valence-electron chi connectivity index (χ3n) is 4.08. The third-order valence-corrected chi connectivity index (χ3v) is 4.08. The lowest BCUT2D eigenvalue weighted by molar-refractivity contribution is -0.149. The Balaban J connectivity index is 1.38. The number of carbonyl (C=O) groups excluding carboxylic acids is 3. The van der Waals surface area contributed by atoms with Crippen molar-refractivity contribution in [2.45, 2.75) is 19.3 Å². The molecule has 2 aromatic carbocycles. The van der Waals surface area contributed by atoms with Gasteiger partial charge in [0.1, 0.15) is 5.82 Å². The van der Waals surface area contributed by atoms with Crippen molar-refractivity contribution in [1.82, 2.24) is 10.3 Å². The van der Waals surface area contributed by atoms with Crippen molar-refractivity contribution >= 4 is 17.8 Å². The van der Waals surface area contributed by atoms with Crippen molar-refractivity contribution in [3.05, 3.63) is 78.1 Å². The molecule has 8 heteroatoms. The third kappa shape index (κ3) is 6.37. The summed E-state index contributed by atoms with van der Waals surface area (Å²) < 4.78 is 23.4. The van der Waals surface area contributed by atoms with Crippen LogP contribution in [0, 0.1) is 5.82 Å². The Morgan fingerprint density at radius 2 is 1.73 bits per heavy atom. The molecule has 0 atom stereocenters. The van der Waals surface area contributed by atoms with Gasteiger partial charge < -0.3 is 9.15 Å². The molecule has 7 nitrogen and oxygen atoms in total. The number of aryl methyl sites for hydroxylation is 1. The number of oxazole rings is 1. The zero-order valence-corrected chi connectivity index (χ0v) is 16.0. The van der Waals surface area contributed by atoms with Crippen molar-refractivity contribution in [2.24, 2.45) is 0 Å². The maximum Gasteiger partial charge on any atom is 0.306 e. The highest BCUT2D eigenvalue weighted by atomic mass is 19.1. The van der Waals surface area contributed by atoms with Crippen molar-refractivity contribution < 1.29 is 27.9 Å². The Bertz CT molecular complexity index is 1020. The van der Waals surface area contributed by atoms with E-state index in [1.807, 2.05) is 6.07 Å². The van der Waals surface area contributed by atoms with E-state index in [1.54, 1.807) is 36.4 Å². The van der Waals surface area contributed by atoms with E-state index in [2.05, 4.69) is 10.3 Å². The molecule has 0 saturated heterocycles. The lowest BCUT2D eigenvalue weighted by Gasteiger charge is -2.05. The predicted octanol–water partition coefficient (Wildman–Crippen LogP) is 2.84. The Hall–Kier alpha value is -3.81. The minimum absolute atomic E-state index is 0.0470. The largest absolute Gasteiger partial charge is 0.456 e. The first kappa shape index (κ1) is 20.9. The molecule has 3 rings (SSSR count). The fourth-order valence-corrected chi connectivity index (χ4v) is 2.62. The quantitative estimate of drug-likeness (QED) is 0.574. The number of hydrogen-bond donors (Lipinski definition) is 1. The molecule has 0 saturated carbocycles. The van der Waals surface area contributed by atoms with Crippen LogP contribution in [0.1, 0.15) is 17.9 Å². The molecule has 1 N–H and O–H groups in total. The van der Waals surface area contributed by atoms with Gasteiger partial charge in [0.2, 0.25) is 5.91 Å². The summed E-state index contributed by atoms with van der Waals surface area (Å²) in [6.45, 7) is -0.550. The van der Waals surface area contributed by atoms with Crippen LogP contribution in [-0.4, -0.2) is 29.4 Å². The number of ether oxygens (including phenoxy) is 1. The number of imide groups is 1. The van der Waals surface area contributed by atoms with Gasteiger partial charge in [-0.3, -0.25) is 19.7 Å². The van der Waals surface area contributed by atoms with Gasteiger partial charge in [0.25, 0.3) is 5.91 Å². The van der Waals surface area contributed by atoms with E-state index < -0.39 is 24.4 Å². The highest BCUT2D eigenvalue weighted by Crippen LogP contribution is 2.21. The smallest absolute Gasteiger partial charge is 0.306 e. The minimum atomic E-state index is -0.695. The second-order valence-corrected chi connectivity index (χ2v) is 6.42. The zero-order chi connectivity index (χ0) is 21.3. The summed E-state index contributed by atoms with van der Waals surface area (Å²) in [5.41, 5.74) is 1.43. The molecule has 0 radical (unpaired) electrons. The maximum absolute atomic E-state index is 13.0. The van der Waals surface area contributed by atoms with Gasteiger partial charge in [-0.15, -0.1) is 0 Å². The molecule has 3 aromatic rings. The topological polar surface area (TPSA) is 98.5 Å². The Morgan fingerprint density at radius 3 is 2.47 bits per heavy atom. The molecule has 0 aliphatic heterocycles. The normalized spacial score (nSPS) is 10.4. The fraction of sp³-hybridized carbons (Fsp3) is 0.182. The summed E-state index contributed by atoms with van der Waals surface area (Å²) in [7, 11) is 0. The van der Waals surface area contributed by atoms with Crippen molar-refractivity contribution in [1.29, 1.82) is 0 Å². The fourth-order valence-electron chi connectivity index (χ4n) is 2.62. The van der Waals surface area contributed by atoms with Crippen LogP contribution in [0.3, 0.4) is 0 Å². The van der Waals surface area contributed by atoms with Crippen LogP contribution in [0.15, 0.2) is 65.2 Å². The number of esters is 1. The Labute approximate surface area is 171 Å². The van der Waals surface area contributed by atoms with Crippen molar-refractivity contribution in [3.63, 3.8) is 0 Å². The summed E-state index contributed by atoms with van der Waals surface area (Å²) >= 11 is 0. The molecule has 30 heavy (non-hydrogen) atoms. The first-order valence-corrected chi connectivity index (χ1v) is 9.22. The average Bonchev–Trinajstić information content (AvgIpc) is 3.21. The highest BCUT2D eigenvalue weighted by Gasteiger charge is 2.13. The highest BCUT2D eigenvalue weighted by molar-refractivity contribution is 5.97. The van der Waals surface area contributed by atoms with Crippen LogP contribution in [-0.2, 0) is 32.0 Å². The lowest BCUT2D eigenvalue weighted by atomic mass is 10.1. The number of nitrogens with zero attached hydrogens (tertiary/aromatic N) is 1. The van der Waals surface area contributed by atoms with Gasteiger partial charge in [-0.25, -0.2) is 9.37 Å².